The Morgan fingerprint density at radius 2 is 2.12 bits per heavy atom. The molecule has 9 heteroatoms. The van der Waals surface area contributed by atoms with Crippen LogP contribution in [0.3, 0.4) is 0 Å². The zero-order chi connectivity index (χ0) is 17.4. The molecule has 2 aromatic rings. The molecule has 8 nitrogen and oxygen atoms in total. The van der Waals surface area contributed by atoms with Crippen molar-refractivity contribution < 1.29 is 9.00 Å². The second-order valence-corrected chi connectivity index (χ2v) is 7.09. The molecule has 1 fully saturated rings. The van der Waals surface area contributed by atoms with Crippen LogP contribution in [0.4, 0.5) is 16.1 Å². The van der Waals surface area contributed by atoms with Crippen molar-refractivity contribution in [1.82, 2.24) is 20.3 Å². The van der Waals surface area contributed by atoms with E-state index in [2.05, 4.69) is 22.1 Å². The van der Waals surface area contributed by atoms with Gasteiger partial charge in [0.25, 0.3) is 5.95 Å². The molecule has 1 aromatic heterocycles. The van der Waals surface area contributed by atoms with Crippen LogP contribution in [0.2, 0.25) is 0 Å². The van der Waals surface area contributed by atoms with Crippen LogP contribution in [-0.2, 0) is 0 Å². The number of rotatable bonds is 2. The lowest BCUT2D eigenvalue weighted by atomic mass is 10.1. The molecule has 4 aliphatic rings. The van der Waals surface area contributed by atoms with Crippen molar-refractivity contribution >= 4 is 18.0 Å². The molecule has 3 atom stereocenters. The summed E-state index contributed by atoms with van der Waals surface area (Å²) in [6.07, 6.45) is 3.94. The molecule has 1 aromatic carbocycles. The maximum atomic E-state index is 14.0. The number of hydrazine groups is 1. The summed E-state index contributed by atoms with van der Waals surface area (Å²) in [7, 11) is 0. The van der Waals surface area contributed by atoms with Crippen LogP contribution in [0.1, 0.15) is 36.9 Å². The molecule has 1 saturated carbocycles. The van der Waals surface area contributed by atoms with Gasteiger partial charge in [0.1, 0.15) is 13.0 Å². The summed E-state index contributed by atoms with van der Waals surface area (Å²) in [5, 5.41) is 8.42. The lowest BCUT2D eigenvalue weighted by Gasteiger charge is -2.41. The van der Waals surface area contributed by atoms with Gasteiger partial charge in [0.2, 0.25) is 5.89 Å². The van der Waals surface area contributed by atoms with E-state index in [0.717, 1.165) is 17.7 Å². The molecule has 0 saturated heterocycles. The molecule has 132 valence electrons. The zero-order valence-electron chi connectivity index (χ0n) is 14.0. The van der Waals surface area contributed by atoms with E-state index in [1.54, 1.807) is 11.3 Å². The first kappa shape index (κ1) is 14.1. The molecule has 3 aliphatic heterocycles. The van der Waals surface area contributed by atoms with Crippen LogP contribution in [0.25, 0.3) is 0 Å². The monoisotopic (exact) mass is 353 g/mol. The fraction of sp³-hybridized carbons (Fsp3) is 0.353. The van der Waals surface area contributed by atoms with E-state index in [1.807, 2.05) is 34.2 Å². The van der Waals surface area contributed by atoms with Crippen LogP contribution in [0, 0.1) is 5.92 Å². The average molecular weight is 353 g/mol. The number of anilines is 2. The lowest BCUT2D eigenvalue weighted by Crippen LogP contribution is -2.47. The number of aromatic nitrogens is 2. The largest absolute Gasteiger partial charge is 0.337 e. The van der Waals surface area contributed by atoms with E-state index in [9.17, 15) is 4.48 Å². The van der Waals surface area contributed by atoms with Gasteiger partial charge in [-0.3, -0.25) is 0 Å². The number of halogens is 1. The van der Waals surface area contributed by atoms with Gasteiger partial charge in [-0.05, 0) is 23.6 Å². The van der Waals surface area contributed by atoms with Gasteiger partial charge in [-0.2, -0.15) is 10.1 Å². The summed E-state index contributed by atoms with van der Waals surface area (Å²) >= 11 is 0. The van der Waals surface area contributed by atoms with Gasteiger partial charge in [-0.25, -0.2) is 15.0 Å². The molecule has 0 N–H and O–H groups in total. The molecule has 1 aliphatic carbocycles. The van der Waals surface area contributed by atoms with Crippen LogP contribution >= 0.6 is 0 Å². The molecule has 0 amide bonds. The Balaban J connectivity index is 1.42. The van der Waals surface area contributed by atoms with Crippen LogP contribution in [-0.4, -0.2) is 33.3 Å². The van der Waals surface area contributed by atoms with Crippen molar-refractivity contribution in [2.75, 3.05) is 16.6 Å². The fourth-order valence-electron chi connectivity index (χ4n) is 3.87. The topological polar surface area (TPSA) is 64.2 Å². The molecule has 26 heavy (non-hydrogen) atoms. The van der Waals surface area contributed by atoms with Crippen molar-refractivity contribution in [3.8, 4) is 0 Å². The quantitative estimate of drug-likeness (QED) is 0.769. The summed E-state index contributed by atoms with van der Waals surface area (Å²) in [5.74, 6) is 2.70. The number of aliphatic imine (C=N–C) groups is 1. The Kier molecular flexibility index (Phi) is 2.58. The van der Waals surface area contributed by atoms with E-state index in [1.165, 1.54) is 6.20 Å². The molecular weight excluding hydrogens is 337 g/mol. The average Bonchev–Trinajstić information content (AvgIpc) is 3.05. The number of fused-ring (bicyclic) bond motifs is 6. The molecular formula is C17H16FN7O. The maximum absolute atomic E-state index is 14.0. The number of hydrogen-bond acceptors (Lipinski definition) is 8. The minimum Gasteiger partial charge on any atom is -0.337 e. The molecule has 0 radical (unpaired) electrons. The van der Waals surface area contributed by atoms with Crippen LogP contribution < -0.4 is 9.91 Å². The van der Waals surface area contributed by atoms with Gasteiger partial charge in [-0.15, -0.1) is 0 Å². The highest BCUT2D eigenvalue weighted by molar-refractivity contribution is 5.80. The highest BCUT2D eigenvalue weighted by Crippen LogP contribution is 2.48. The molecule has 4 heterocycles. The first-order valence-corrected chi connectivity index (χ1v) is 8.66. The highest BCUT2D eigenvalue weighted by Gasteiger charge is 2.46. The van der Waals surface area contributed by atoms with E-state index in [4.69, 9.17) is 4.52 Å². The van der Waals surface area contributed by atoms with Crippen molar-refractivity contribution in [2.45, 2.75) is 25.4 Å². The summed E-state index contributed by atoms with van der Waals surface area (Å²) in [4.78, 5) is 11.1. The number of nitrogens with zero attached hydrogens (tertiary/aromatic N) is 7. The van der Waals surface area contributed by atoms with E-state index in [-0.39, 0.29) is 12.8 Å². The Bertz CT molecular complexity index is 956. The first-order chi connectivity index (χ1) is 12.7. The third-order valence-corrected chi connectivity index (χ3v) is 5.39. The summed E-state index contributed by atoms with van der Waals surface area (Å²) < 4.78 is 19.5. The normalized spacial score (nSPS) is 28.2. The molecule has 3 unspecified atom stereocenters. The van der Waals surface area contributed by atoms with E-state index < -0.39 is 0 Å². The summed E-state index contributed by atoms with van der Waals surface area (Å²) in [6.45, 7) is 2.31. The van der Waals surface area contributed by atoms with Crippen molar-refractivity contribution in [2.24, 2.45) is 10.9 Å². The Morgan fingerprint density at radius 1 is 1.27 bits per heavy atom. The van der Waals surface area contributed by atoms with E-state index in [0.29, 0.717) is 34.6 Å². The fourth-order valence-corrected chi connectivity index (χ4v) is 3.87. The highest BCUT2D eigenvalue weighted by atomic mass is 19.2. The minimum absolute atomic E-state index is 0.139. The molecule has 0 bridgehead atoms. The van der Waals surface area contributed by atoms with Crippen LogP contribution in [0.15, 0.2) is 45.8 Å². The zero-order valence-corrected chi connectivity index (χ0v) is 14.0. The van der Waals surface area contributed by atoms with Gasteiger partial charge >= 0.3 is 0 Å². The van der Waals surface area contributed by atoms with Crippen molar-refractivity contribution in [3.63, 3.8) is 0 Å². The third-order valence-electron chi connectivity index (χ3n) is 5.39. The van der Waals surface area contributed by atoms with Gasteiger partial charge in [0, 0.05) is 11.5 Å². The van der Waals surface area contributed by atoms with E-state index >= 15 is 0 Å². The second kappa shape index (κ2) is 4.75. The van der Waals surface area contributed by atoms with Crippen molar-refractivity contribution in [1.29, 1.82) is 0 Å². The number of hydrogen-bond donors (Lipinski definition) is 0. The standard InChI is InChI=1S/C17H16FN7O/c1-10-6-12(10)16-20-17(21-26-16)24-8-19-15-11-4-2-3-5-13(11)23-9-22(18)7-14(23)25(15)24/h2-5,7-8,10,12,15H,6,9H2,1H3. The van der Waals surface area contributed by atoms with Crippen molar-refractivity contribution in [3.05, 3.63) is 47.7 Å². The first-order valence-electron chi connectivity index (χ1n) is 8.66. The molecule has 6 rings (SSSR count). The SMILES string of the molecule is CC1CC1c1nc(N2C=NC3c4ccccc4N4CN(F)C=C4N32)no1. The van der Waals surface area contributed by atoms with Gasteiger partial charge < -0.3 is 9.42 Å². The minimum atomic E-state index is -0.276. The maximum Gasteiger partial charge on any atom is 0.290 e. The Labute approximate surface area is 148 Å². The number of benzene rings is 1. The van der Waals surface area contributed by atoms with Gasteiger partial charge in [0.15, 0.2) is 12.0 Å². The smallest absolute Gasteiger partial charge is 0.290 e. The third kappa shape index (κ3) is 1.80. The predicted molar refractivity (Wildman–Crippen MR) is 91.2 cm³/mol. The second-order valence-electron chi connectivity index (χ2n) is 7.09. The van der Waals surface area contributed by atoms with Gasteiger partial charge in [0.05, 0.1) is 11.9 Å². The molecule has 0 spiro atoms. The predicted octanol–water partition coefficient (Wildman–Crippen LogP) is 2.73. The number of para-hydroxylation sites is 1. The summed E-state index contributed by atoms with van der Waals surface area (Å²) in [5.41, 5.74) is 1.97. The Hall–Kier alpha value is -3.10. The lowest BCUT2D eigenvalue weighted by molar-refractivity contribution is 0.104. The Morgan fingerprint density at radius 3 is 2.96 bits per heavy atom. The van der Waals surface area contributed by atoms with Crippen LogP contribution in [0.5, 0.6) is 0 Å². The van der Waals surface area contributed by atoms with Gasteiger partial charge in [-0.1, -0.05) is 29.6 Å². The summed E-state index contributed by atoms with van der Waals surface area (Å²) in [6, 6.07) is 7.91.